The summed E-state index contributed by atoms with van der Waals surface area (Å²) in [6, 6.07) is 3.35. The molecule has 3 heterocycles. The molecule has 23 heavy (non-hydrogen) atoms. The first-order chi connectivity index (χ1) is 11.1. The van der Waals surface area contributed by atoms with Crippen molar-refractivity contribution in [1.82, 2.24) is 19.5 Å². The van der Waals surface area contributed by atoms with E-state index in [4.69, 9.17) is 10.5 Å². The van der Waals surface area contributed by atoms with Crippen LogP contribution < -0.4 is 11.3 Å². The van der Waals surface area contributed by atoms with E-state index in [0.29, 0.717) is 28.4 Å². The number of nitrogen functional groups attached to an aromatic ring is 1. The maximum atomic E-state index is 11.9. The summed E-state index contributed by atoms with van der Waals surface area (Å²) >= 11 is 0. The van der Waals surface area contributed by atoms with Crippen LogP contribution in [0.1, 0.15) is 12.6 Å². The Morgan fingerprint density at radius 1 is 1.43 bits per heavy atom. The van der Waals surface area contributed by atoms with E-state index in [1.807, 2.05) is 0 Å². The van der Waals surface area contributed by atoms with E-state index in [9.17, 15) is 15.0 Å². The van der Waals surface area contributed by atoms with Gasteiger partial charge in [-0.05, 0) is 12.1 Å². The number of anilines is 1. The molecule has 2 aromatic heterocycles. The number of aromatic amines is 1. The minimum Gasteiger partial charge on any atom is -0.394 e. The molecule has 1 aliphatic rings. The SMILES string of the molecule is Nc1nc2cc3c(cc2c(=O)[nH]1)ncn3C1C[C@H](O)[C@@H](CO)O1. The van der Waals surface area contributed by atoms with E-state index in [2.05, 4.69) is 15.0 Å². The molecular weight excluding hydrogens is 302 g/mol. The van der Waals surface area contributed by atoms with Crippen molar-refractivity contribution in [1.29, 1.82) is 0 Å². The Hall–Kier alpha value is -2.49. The van der Waals surface area contributed by atoms with Crippen LogP contribution in [0.15, 0.2) is 23.3 Å². The molecule has 0 amide bonds. The maximum Gasteiger partial charge on any atom is 0.260 e. The number of rotatable bonds is 2. The summed E-state index contributed by atoms with van der Waals surface area (Å²) in [5.41, 5.74) is 7.04. The third-order valence-electron chi connectivity index (χ3n) is 4.11. The molecule has 120 valence electrons. The van der Waals surface area contributed by atoms with Crippen LogP contribution in [0.4, 0.5) is 5.95 Å². The van der Waals surface area contributed by atoms with Gasteiger partial charge in [0.05, 0.1) is 41.0 Å². The van der Waals surface area contributed by atoms with Gasteiger partial charge in [0, 0.05) is 6.42 Å². The van der Waals surface area contributed by atoms with Gasteiger partial charge >= 0.3 is 0 Å². The van der Waals surface area contributed by atoms with Gasteiger partial charge in [-0.2, -0.15) is 0 Å². The molecule has 0 radical (unpaired) electrons. The minimum atomic E-state index is -0.737. The van der Waals surface area contributed by atoms with Gasteiger partial charge in [0.25, 0.3) is 5.56 Å². The molecule has 1 unspecified atom stereocenters. The van der Waals surface area contributed by atoms with Crippen molar-refractivity contribution >= 4 is 27.9 Å². The van der Waals surface area contributed by atoms with E-state index >= 15 is 0 Å². The normalized spacial score (nSPS) is 24.7. The lowest BCUT2D eigenvalue weighted by Gasteiger charge is -2.14. The smallest absolute Gasteiger partial charge is 0.260 e. The molecule has 1 saturated heterocycles. The Balaban J connectivity index is 1.86. The van der Waals surface area contributed by atoms with Gasteiger partial charge in [-0.3, -0.25) is 9.78 Å². The van der Waals surface area contributed by atoms with E-state index in [-0.39, 0.29) is 18.1 Å². The summed E-state index contributed by atoms with van der Waals surface area (Å²) in [6.45, 7) is -0.249. The van der Waals surface area contributed by atoms with Crippen molar-refractivity contribution < 1.29 is 14.9 Å². The third-order valence-corrected chi connectivity index (χ3v) is 4.11. The van der Waals surface area contributed by atoms with Crippen LogP contribution in [0.5, 0.6) is 0 Å². The molecule has 1 fully saturated rings. The number of nitrogens with two attached hydrogens (primary N) is 1. The van der Waals surface area contributed by atoms with Crippen LogP contribution in [0, 0.1) is 0 Å². The number of benzene rings is 1. The minimum absolute atomic E-state index is 0.0424. The Morgan fingerprint density at radius 3 is 3.00 bits per heavy atom. The fourth-order valence-electron chi connectivity index (χ4n) is 2.96. The standard InChI is InChI=1S/C14H15N5O4/c15-14-17-7-2-9-8(1-6(7)13(22)18-14)16-5-19(9)12-3-10(21)11(4-20)23-12/h1-2,5,10-12,20-21H,3-4H2,(H3,15,17,18,22)/t10-,11+,12?/m0/s1. The molecule has 9 nitrogen and oxygen atoms in total. The fraction of sp³-hybridized carbons (Fsp3) is 0.357. The predicted molar refractivity (Wildman–Crippen MR) is 81.7 cm³/mol. The molecule has 1 aliphatic heterocycles. The number of H-pyrrole nitrogens is 1. The first kappa shape index (κ1) is 14.1. The van der Waals surface area contributed by atoms with Gasteiger partial charge < -0.3 is 25.3 Å². The second-order valence-electron chi connectivity index (χ2n) is 5.58. The largest absolute Gasteiger partial charge is 0.394 e. The van der Waals surface area contributed by atoms with Crippen molar-refractivity contribution in [2.24, 2.45) is 0 Å². The highest BCUT2D eigenvalue weighted by molar-refractivity contribution is 5.93. The molecule has 0 spiro atoms. The first-order valence-electron chi connectivity index (χ1n) is 7.17. The van der Waals surface area contributed by atoms with E-state index in [0.717, 1.165) is 0 Å². The molecule has 1 aromatic carbocycles. The highest BCUT2D eigenvalue weighted by Gasteiger charge is 2.35. The highest BCUT2D eigenvalue weighted by Crippen LogP contribution is 2.31. The van der Waals surface area contributed by atoms with Gasteiger partial charge in [0.1, 0.15) is 12.3 Å². The molecule has 3 atom stereocenters. The van der Waals surface area contributed by atoms with E-state index < -0.39 is 18.4 Å². The van der Waals surface area contributed by atoms with Crippen molar-refractivity contribution in [3.05, 3.63) is 28.8 Å². The van der Waals surface area contributed by atoms with Crippen LogP contribution in [-0.2, 0) is 4.74 Å². The summed E-state index contributed by atoms with van der Waals surface area (Å²) in [7, 11) is 0. The Bertz CT molecular complexity index is 949. The van der Waals surface area contributed by atoms with Crippen LogP contribution >= 0.6 is 0 Å². The lowest BCUT2D eigenvalue weighted by Crippen LogP contribution is -2.24. The Labute approximate surface area is 129 Å². The number of nitrogens with zero attached hydrogens (tertiary/aromatic N) is 3. The predicted octanol–water partition coefficient (Wildman–Crippen LogP) is -0.504. The summed E-state index contributed by atoms with van der Waals surface area (Å²) < 4.78 is 7.40. The van der Waals surface area contributed by atoms with Gasteiger partial charge in [0.2, 0.25) is 5.95 Å². The fourth-order valence-corrected chi connectivity index (χ4v) is 2.96. The van der Waals surface area contributed by atoms with Gasteiger partial charge in [-0.1, -0.05) is 0 Å². The van der Waals surface area contributed by atoms with Gasteiger partial charge in [-0.25, -0.2) is 9.97 Å². The zero-order chi connectivity index (χ0) is 16.1. The number of hydrogen-bond donors (Lipinski definition) is 4. The van der Waals surface area contributed by atoms with Crippen molar-refractivity contribution in [3.63, 3.8) is 0 Å². The Morgan fingerprint density at radius 2 is 2.26 bits per heavy atom. The van der Waals surface area contributed by atoms with Crippen LogP contribution in [0.25, 0.3) is 21.9 Å². The first-order valence-corrected chi connectivity index (χ1v) is 7.17. The molecule has 0 bridgehead atoms. The lowest BCUT2D eigenvalue weighted by atomic mass is 10.2. The topological polar surface area (TPSA) is 139 Å². The number of hydrogen-bond acceptors (Lipinski definition) is 7. The highest BCUT2D eigenvalue weighted by atomic mass is 16.5. The monoisotopic (exact) mass is 317 g/mol. The molecule has 5 N–H and O–H groups in total. The molecule has 3 aromatic rings. The molecule has 0 aliphatic carbocycles. The second-order valence-corrected chi connectivity index (χ2v) is 5.58. The zero-order valence-corrected chi connectivity index (χ0v) is 12.0. The van der Waals surface area contributed by atoms with Gasteiger partial charge in [0.15, 0.2) is 0 Å². The Kier molecular flexibility index (Phi) is 3.08. The zero-order valence-electron chi connectivity index (χ0n) is 12.0. The average Bonchev–Trinajstić information content (AvgIpc) is 3.08. The number of aliphatic hydroxyl groups excluding tert-OH is 2. The van der Waals surface area contributed by atoms with E-state index in [1.165, 1.54) is 0 Å². The number of ether oxygens (including phenoxy) is 1. The number of nitrogens with one attached hydrogen (secondary N) is 1. The van der Waals surface area contributed by atoms with Crippen molar-refractivity contribution in [2.45, 2.75) is 24.9 Å². The number of aromatic nitrogens is 4. The second kappa shape index (κ2) is 5.01. The number of aliphatic hydroxyl groups is 2. The maximum absolute atomic E-state index is 11.9. The van der Waals surface area contributed by atoms with Crippen molar-refractivity contribution in [3.8, 4) is 0 Å². The van der Waals surface area contributed by atoms with Crippen molar-refractivity contribution in [2.75, 3.05) is 12.3 Å². The molecule has 0 saturated carbocycles. The summed E-state index contributed by atoms with van der Waals surface area (Å²) in [5, 5.41) is 19.5. The van der Waals surface area contributed by atoms with Crippen LogP contribution in [-0.4, -0.2) is 48.5 Å². The van der Waals surface area contributed by atoms with Crippen LogP contribution in [0.3, 0.4) is 0 Å². The van der Waals surface area contributed by atoms with Gasteiger partial charge in [-0.15, -0.1) is 0 Å². The summed E-state index contributed by atoms with van der Waals surface area (Å²) in [6.07, 6.45) is 0.135. The quantitative estimate of drug-likeness (QED) is 0.499. The summed E-state index contributed by atoms with van der Waals surface area (Å²) in [4.78, 5) is 22.8. The average molecular weight is 317 g/mol. The molecule has 4 rings (SSSR count). The molecule has 9 heteroatoms. The number of imidazole rings is 1. The van der Waals surface area contributed by atoms with E-state index in [1.54, 1.807) is 23.0 Å². The molecular formula is C14H15N5O4. The van der Waals surface area contributed by atoms with Crippen LogP contribution in [0.2, 0.25) is 0 Å². The summed E-state index contributed by atoms with van der Waals surface area (Å²) in [5.74, 6) is 0.0424. The number of fused-ring (bicyclic) bond motifs is 2. The lowest BCUT2D eigenvalue weighted by molar-refractivity contribution is -0.0430. The third kappa shape index (κ3) is 2.17.